The first kappa shape index (κ1) is 32.8. The van der Waals surface area contributed by atoms with Crippen molar-refractivity contribution in [1.29, 1.82) is 0 Å². The highest BCUT2D eigenvalue weighted by Gasteiger charge is 2.52. The lowest BCUT2D eigenvalue weighted by Crippen LogP contribution is -2.48. The van der Waals surface area contributed by atoms with Gasteiger partial charge >= 0.3 is 5.97 Å². The van der Waals surface area contributed by atoms with E-state index in [1.54, 1.807) is 5.57 Å². The van der Waals surface area contributed by atoms with Gasteiger partial charge in [-0.15, -0.1) is 0 Å². The minimum atomic E-state index is -1.89. The van der Waals surface area contributed by atoms with E-state index in [9.17, 15) is 9.90 Å². The van der Waals surface area contributed by atoms with Crippen LogP contribution in [0.25, 0.3) is 0 Å². The third-order valence-corrected chi connectivity index (χ3v) is 20.7. The molecule has 1 N–H and O–H groups in total. The zero-order chi connectivity index (χ0) is 29.6. The van der Waals surface area contributed by atoms with Crippen LogP contribution < -0.4 is 0 Å². The summed E-state index contributed by atoms with van der Waals surface area (Å²) in [6.45, 7) is 27.7. The molecule has 0 unspecified atom stereocenters. The Labute approximate surface area is 242 Å². The smallest absolute Gasteiger partial charge is 0.306 e. The highest BCUT2D eigenvalue weighted by atomic mass is 28.4. The van der Waals surface area contributed by atoms with E-state index in [4.69, 9.17) is 8.85 Å². The fourth-order valence-corrected chi connectivity index (χ4v) is 9.86. The van der Waals surface area contributed by atoms with Gasteiger partial charge in [-0.1, -0.05) is 78.7 Å². The summed E-state index contributed by atoms with van der Waals surface area (Å²) in [5.74, 6) is -0.117. The van der Waals surface area contributed by atoms with E-state index in [0.29, 0.717) is 5.92 Å². The van der Waals surface area contributed by atoms with Crippen molar-refractivity contribution in [2.75, 3.05) is 0 Å². The highest BCUT2D eigenvalue weighted by molar-refractivity contribution is 6.74. The molecule has 3 rings (SSSR count). The first-order chi connectivity index (χ1) is 17.7. The Morgan fingerprint density at radius 2 is 1.46 bits per heavy atom. The Morgan fingerprint density at radius 1 is 0.949 bits per heavy atom. The lowest BCUT2D eigenvalue weighted by molar-refractivity contribution is -0.144. The molecule has 0 saturated heterocycles. The molecule has 3 aliphatic carbocycles. The van der Waals surface area contributed by atoms with E-state index in [1.165, 1.54) is 12.0 Å². The quantitative estimate of drug-likeness (QED) is 0.306. The Balaban J connectivity index is 1.87. The van der Waals surface area contributed by atoms with Gasteiger partial charge in [0, 0.05) is 0 Å². The second-order valence-corrected chi connectivity index (χ2v) is 25.9. The summed E-state index contributed by atoms with van der Waals surface area (Å²) in [4.78, 5) is 11.9. The first-order valence-corrected chi connectivity index (χ1v) is 21.5. The van der Waals surface area contributed by atoms with Crippen molar-refractivity contribution in [2.45, 2.75) is 155 Å². The number of aliphatic carboxylic acids is 1. The lowest BCUT2D eigenvalue weighted by Gasteiger charge is -2.45. The van der Waals surface area contributed by atoms with Crippen LogP contribution in [0.3, 0.4) is 0 Å². The number of hydrogen-bond acceptors (Lipinski definition) is 3. The van der Waals surface area contributed by atoms with Crippen molar-refractivity contribution in [3.63, 3.8) is 0 Å². The summed E-state index contributed by atoms with van der Waals surface area (Å²) in [6.07, 6.45) is 13.9. The van der Waals surface area contributed by atoms with Gasteiger partial charge in [0.15, 0.2) is 16.6 Å². The number of hydrogen-bond donors (Lipinski definition) is 1. The molecule has 0 radical (unpaired) electrons. The van der Waals surface area contributed by atoms with Gasteiger partial charge in [-0.3, -0.25) is 4.79 Å². The average molecular weight is 577 g/mol. The number of allylic oxidation sites excluding steroid dienone is 3. The maximum Gasteiger partial charge on any atom is 0.306 e. The van der Waals surface area contributed by atoms with Crippen molar-refractivity contribution in [2.24, 2.45) is 23.2 Å². The molecule has 0 aliphatic heterocycles. The highest BCUT2D eigenvalue weighted by Crippen LogP contribution is 2.59. The maximum absolute atomic E-state index is 11.9. The Kier molecular flexibility index (Phi) is 9.70. The van der Waals surface area contributed by atoms with E-state index < -0.39 is 22.6 Å². The van der Waals surface area contributed by atoms with Crippen molar-refractivity contribution in [1.82, 2.24) is 0 Å². The second-order valence-electron chi connectivity index (χ2n) is 16.4. The van der Waals surface area contributed by atoms with E-state index in [1.807, 2.05) is 6.92 Å². The molecule has 0 bridgehead atoms. The van der Waals surface area contributed by atoms with Crippen LogP contribution in [0.15, 0.2) is 23.3 Å². The summed E-state index contributed by atoms with van der Waals surface area (Å²) < 4.78 is 14.0. The minimum Gasteiger partial charge on any atom is -0.481 e. The van der Waals surface area contributed by atoms with E-state index in [2.05, 4.69) is 86.8 Å². The summed E-state index contributed by atoms with van der Waals surface area (Å²) in [7, 11) is -3.78. The predicted molar refractivity (Wildman–Crippen MR) is 169 cm³/mol. The Bertz CT molecular complexity index is 914. The second kappa shape index (κ2) is 11.5. The molecule has 3 saturated carbocycles. The third-order valence-electron chi connectivity index (χ3n) is 11.6. The number of carbonyl (C=O) groups is 1. The molecule has 0 amide bonds. The van der Waals surface area contributed by atoms with Crippen molar-refractivity contribution < 1.29 is 18.8 Å². The monoisotopic (exact) mass is 576 g/mol. The molecule has 3 aliphatic rings. The largest absolute Gasteiger partial charge is 0.481 e. The van der Waals surface area contributed by atoms with Crippen LogP contribution in [-0.4, -0.2) is 39.9 Å². The summed E-state index contributed by atoms with van der Waals surface area (Å²) in [6, 6.07) is 0. The lowest BCUT2D eigenvalue weighted by atomic mass is 9.61. The summed E-state index contributed by atoms with van der Waals surface area (Å²) in [5.41, 5.74) is 3.11. The van der Waals surface area contributed by atoms with Crippen LogP contribution in [0.1, 0.15) is 107 Å². The van der Waals surface area contributed by atoms with Crippen LogP contribution in [-0.2, 0) is 13.6 Å². The third kappa shape index (κ3) is 7.21. The zero-order valence-electron chi connectivity index (χ0n) is 27.4. The molecule has 4 nitrogen and oxygen atoms in total. The molecular formula is C33H60O4Si2. The molecule has 0 aromatic heterocycles. The van der Waals surface area contributed by atoms with Gasteiger partial charge in [0.05, 0.1) is 18.1 Å². The molecule has 0 heterocycles. The fourth-order valence-electron chi connectivity index (χ4n) is 7.13. The van der Waals surface area contributed by atoms with Crippen LogP contribution in [0.5, 0.6) is 0 Å². The number of fused-ring (bicyclic) bond motifs is 1. The molecule has 6 atom stereocenters. The van der Waals surface area contributed by atoms with Crippen molar-refractivity contribution in [3.8, 4) is 0 Å². The van der Waals surface area contributed by atoms with Crippen molar-refractivity contribution in [3.05, 3.63) is 23.3 Å². The van der Waals surface area contributed by atoms with Crippen LogP contribution in [0.4, 0.5) is 0 Å². The van der Waals surface area contributed by atoms with Gasteiger partial charge in [0.2, 0.25) is 0 Å². The number of rotatable bonds is 7. The SMILES string of the molecule is C[C@H](C(=O)O)[C@H]1CC[C@H]2/C(=C/C=C3C[C@@H](O[Si](C)(C)C(C)(C)C)C[C@H](O[Si](C)(C)C(C)(C)C)C3)CCC[C@]12C. The van der Waals surface area contributed by atoms with Crippen molar-refractivity contribution >= 4 is 22.6 Å². The Hall–Kier alpha value is -0.696. The van der Waals surface area contributed by atoms with Crippen LogP contribution >= 0.6 is 0 Å². The maximum atomic E-state index is 11.9. The van der Waals surface area contributed by atoms with Crippen LogP contribution in [0.2, 0.25) is 36.3 Å². The summed E-state index contributed by atoms with van der Waals surface area (Å²) in [5, 5.41) is 10.1. The van der Waals surface area contributed by atoms with Gasteiger partial charge in [-0.05, 0) is 105 Å². The van der Waals surface area contributed by atoms with Gasteiger partial charge < -0.3 is 14.0 Å². The van der Waals surface area contributed by atoms with E-state index in [-0.39, 0.29) is 39.5 Å². The fraction of sp³-hybridized carbons (Fsp3) is 0.848. The standard InChI is InChI=1S/C33H60O4Si2/c1-23(30(34)35)28-17-18-29-25(14-13-19-33(28,29)8)16-15-24-20-26(36-38(9,10)31(2,3)4)22-27(21-24)37-39(11,12)32(5,6)7/h15-16,23,26-29H,13-14,17-22H2,1-12H3,(H,34,35)/b25-16+/t23-,26+,27+,28+,29-,33+/m0/s1. The Morgan fingerprint density at radius 3 is 1.92 bits per heavy atom. The summed E-state index contributed by atoms with van der Waals surface area (Å²) >= 11 is 0. The minimum absolute atomic E-state index is 0.106. The molecule has 0 aromatic carbocycles. The van der Waals surface area contributed by atoms with Gasteiger partial charge in [-0.2, -0.15) is 0 Å². The zero-order valence-corrected chi connectivity index (χ0v) is 29.4. The molecule has 0 aromatic rings. The van der Waals surface area contributed by atoms with E-state index in [0.717, 1.165) is 44.9 Å². The normalized spacial score (nSPS) is 32.7. The molecular weight excluding hydrogens is 517 g/mol. The molecule has 39 heavy (non-hydrogen) atoms. The van der Waals surface area contributed by atoms with Gasteiger partial charge in [0.25, 0.3) is 0 Å². The molecule has 0 spiro atoms. The van der Waals surface area contributed by atoms with Gasteiger partial charge in [-0.25, -0.2) is 0 Å². The predicted octanol–water partition coefficient (Wildman–Crippen LogP) is 9.74. The number of carboxylic acid groups (broad SMARTS) is 1. The first-order valence-electron chi connectivity index (χ1n) is 15.6. The van der Waals surface area contributed by atoms with Gasteiger partial charge in [0.1, 0.15) is 0 Å². The van der Waals surface area contributed by atoms with Crippen LogP contribution in [0, 0.1) is 23.2 Å². The molecule has 6 heteroatoms. The average Bonchev–Trinajstić information content (AvgIpc) is 3.12. The molecule has 3 fully saturated rings. The molecule has 224 valence electrons. The van der Waals surface area contributed by atoms with E-state index >= 15 is 0 Å². The number of carboxylic acids is 1. The topological polar surface area (TPSA) is 55.8 Å².